The van der Waals surface area contributed by atoms with E-state index >= 15 is 0 Å². The molecule has 4 heteroatoms. The molecule has 0 saturated carbocycles. The van der Waals surface area contributed by atoms with Gasteiger partial charge in [0, 0.05) is 6.54 Å². The van der Waals surface area contributed by atoms with E-state index in [0.717, 1.165) is 39.3 Å². The van der Waals surface area contributed by atoms with E-state index in [4.69, 9.17) is 9.47 Å². The molecule has 15 heavy (non-hydrogen) atoms. The molecule has 0 aromatic carbocycles. The summed E-state index contributed by atoms with van der Waals surface area (Å²) in [5.74, 6) is 0. The third kappa shape index (κ3) is 3.91. The zero-order chi connectivity index (χ0) is 10.3. The largest absolute Gasteiger partial charge is 0.376 e. The molecule has 2 rings (SSSR count). The molecule has 2 heterocycles. The van der Waals surface area contributed by atoms with Gasteiger partial charge >= 0.3 is 0 Å². The third-order valence-corrected chi connectivity index (χ3v) is 3.14. The van der Waals surface area contributed by atoms with Crippen LogP contribution in [0.4, 0.5) is 0 Å². The topological polar surface area (TPSA) is 30.5 Å². The van der Waals surface area contributed by atoms with Crippen molar-refractivity contribution in [3.63, 3.8) is 0 Å². The minimum atomic E-state index is 0.351. The second-order valence-electron chi connectivity index (χ2n) is 3.66. The van der Waals surface area contributed by atoms with Crippen LogP contribution in [0.2, 0.25) is 0 Å². The lowest BCUT2D eigenvalue weighted by Gasteiger charge is -2.25. The third-order valence-electron chi connectivity index (χ3n) is 2.41. The van der Waals surface area contributed by atoms with Gasteiger partial charge in [0.05, 0.1) is 19.8 Å². The van der Waals surface area contributed by atoms with Crippen molar-refractivity contribution in [3.05, 3.63) is 22.4 Å². The lowest BCUT2D eigenvalue weighted by Crippen LogP contribution is -2.37. The van der Waals surface area contributed by atoms with Crippen LogP contribution in [-0.4, -0.2) is 39.0 Å². The SMILES string of the molecule is c1cc(CCNCCOC2COC2)cs1. The summed E-state index contributed by atoms with van der Waals surface area (Å²) in [5, 5.41) is 7.68. The molecule has 0 aliphatic carbocycles. The molecule has 0 atom stereocenters. The molecule has 1 aliphatic heterocycles. The quantitative estimate of drug-likeness (QED) is 0.712. The van der Waals surface area contributed by atoms with E-state index in [1.165, 1.54) is 5.56 Å². The summed E-state index contributed by atoms with van der Waals surface area (Å²) in [6.07, 6.45) is 1.46. The predicted octanol–water partition coefficient (Wildman–Crippen LogP) is 1.30. The van der Waals surface area contributed by atoms with Crippen LogP contribution < -0.4 is 5.32 Å². The molecule has 1 aromatic heterocycles. The van der Waals surface area contributed by atoms with Gasteiger partial charge in [-0.2, -0.15) is 11.3 Å². The van der Waals surface area contributed by atoms with Crippen molar-refractivity contribution in [2.45, 2.75) is 12.5 Å². The Morgan fingerprint density at radius 3 is 3.07 bits per heavy atom. The molecule has 1 aliphatic rings. The van der Waals surface area contributed by atoms with E-state index < -0.39 is 0 Å². The monoisotopic (exact) mass is 227 g/mol. The smallest absolute Gasteiger partial charge is 0.104 e. The van der Waals surface area contributed by atoms with E-state index in [0.29, 0.717) is 6.10 Å². The zero-order valence-electron chi connectivity index (χ0n) is 8.78. The number of rotatable bonds is 7. The molecule has 1 fully saturated rings. The fraction of sp³-hybridized carbons (Fsp3) is 0.636. The van der Waals surface area contributed by atoms with E-state index in [-0.39, 0.29) is 0 Å². The summed E-state index contributed by atoms with van der Waals surface area (Å²) >= 11 is 1.76. The van der Waals surface area contributed by atoms with Crippen LogP contribution >= 0.6 is 11.3 Å². The van der Waals surface area contributed by atoms with Gasteiger partial charge in [-0.25, -0.2) is 0 Å². The second-order valence-corrected chi connectivity index (χ2v) is 4.44. The van der Waals surface area contributed by atoms with Crippen molar-refractivity contribution in [2.24, 2.45) is 0 Å². The van der Waals surface area contributed by atoms with Crippen molar-refractivity contribution in [1.29, 1.82) is 0 Å². The molecule has 0 unspecified atom stereocenters. The van der Waals surface area contributed by atoms with Crippen LogP contribution in [0, 0.1) is 0 Å². The average Bonchev–Trinajstić information content (AvgIpc) is 2.66. The molecule has 1 N–H and O–H groups in total. The maximum Gasteiger partial charge on any atom is 0.104 e. The van der Waals surface area contributed by atoms with Gasteiger partial charge in [0.1, 0.15) is 6.10 Å². The van der Waals surface area contributed by atoms with Gasteiger partial charge in [-0.3, -0.25) is 0 Å². The van der Waals surface area contributed by atoms with Gasteiger partial charge in [0.25, 0.3) is 0 Å². The lowest BCUT2D eigenvalue weighted by molar-refractivity contribution is -0.128. The Hall–Kier alpha value is -0.420. The molecule has 0 bridgehead atoms. The van der Waals surface area contributed by atoms with Gasteiger partial charge in [0.15, 0.2) is 0 Å². The van der Waals surface area contributed by atoms with Gasteiger partial charge in [0.2, 0.25) is 0 Å². The highest BCUT2D eigenvalue weighted by atomic mass is 32.1. The first kappa shape index (κ1) is 11.1. The fourth-order valence-electron chi connectivity index (χ4n) is 1.40. The highest BCUT2D eigenvalue weighted by molar-refractivity contribution is 7.07. The van der Waals surface area contributed by atoms with Crippen molar-refractivity contribution < 1.29 is 9.47 Å². The minimum absolute atomic E-state index is 0.351. The molecular formula is C11H17NO2S. The Morgan fingerprint density at radius 2 is 2.40 bits per heavy atom. The number of hydrogen-bond donors (Lipinski definition) is 1. The molecule has 0 amide bonds. The van der Waals surface area contributed by atoms with Crippen LogP contribution in [0.1, 0.15) is 5.56 Å². The first-order valence-electron chi connectivity index (χ1n) is 5.36. The first-order chi connectivity index (χ1) is 7.45. The van der Waals surface area contributed by atoms with E-state index in [1.807, 2.05) is 0 Å². The van der Waals surface area contributed by atoms with Crippen LogP contribution in [0.3, 0.4) is 0 Å². The van der Waals surface area contributed by atoms with Gasteiger partial charge in [-0.1, -0.05) is 0 Å². The maximum absolute atomic E-state index is 5.53. The number of thiophene rings is 1. The molecule has 0 radical (unpaired) electrons. The molecule has 1 saturated heterocycles. The Morgan fingerprint density at radius 1 is 1.47 bits per heavy atom. The molecule has 3 nitrogen and oxygen atoms in total. The van der Waals surface area contributed by atoms with Gasteiger partial charge in [-0.05, 0) is 35.4 Å². The summed E-state index contributed by atoms with van der Waals surface area (Å²) < 4.78 is 10.5. The molecular weight excluding hydrogens is 210 g/mol. The Kier molecular flexibility index (Phi) is 4.60. The first-order valence-corrected chi connectivity index (χ1v) is 6.30. The van der Waals surface area contributed by atoms with E-state index in [1.54, 1.807) is 11.3 Å². The second kappa shape index (κ2) is 6.23. The van der Waals surface area contributed by atoms with Crippen molar-refractivity contribution in [2.75, 3.05) is 32.9 Å². The van der Waals surface area contributed by atoms with Crippen LogP contribution in [-0.2, 0) is 15.9 Å². The normalized spacial score (nSPS) is 16.5. The Labute approximate surface area is 94.4 Å². The molecule has 0 spiro atoms. The number of ether oxygens (including phenoxy) is 2. The van der Waals surface area contributed by atoms with Crippen molar-refractivity contribution in [3.8, 4) is 0 Å². The molecule has 1 aromatic rings. The maximum atomic E-state index is 5.53. The fourth-order valence-corrected chi connectivity index (χ4v) is 2.10. The van der Waals surface area contributed by atoms with Crippen LogP contribution in [0.5, 0.6) is 0 Å². The van der Waals surface area contributed by atoms with Gasteiger partial charge in [-0.15, -0.1) is 0 Å². The molecule has 84 valence electrons. The lowest BCUT2D eigenvalue weighted by atomic mass is 10.2. The number of nitrogens with one attached hydrogen (secondary N) is 1. The summed E-state index contributed by atoms with van der Waals surface area (Å²) in [5.41, 5.74) is 1.42. The Bertz CT molecular complexity index is 260. The summed E-state index contributed by atoms with van der Waals surface area (Å²) in [6.45, 7) is 4.30. The average molecular weight is 227 g/mol. The van der Waals surface area contributed by atoms with E-state index in [2.05, 4.69) is 22.1 Å². The van der Waals surface area contributed by atoms with Crippen LogP contribution in [0.25, 0.3) is 0 Å². The zero-order valence-corrected chi connectivity index (χ0v) is 9.59. The van der Waals surface area contributed by atoms with Crippen molar-refractivity contribution in [1.82, 2.24) is 5.32 Å². The summed E-state index contributed by atoms with van der Waals surface area (Å²) in [4.78, 5) is 0. The highest BCUT2D eigenvalue weighted by Crippen LogP contribution is 2.06. The summed E-state index contributed by atoms with van der Waals surface area (Å²) in [6, 6.07) is 2.18. The highest BCUT2D eigenvalue weighted by Gasteiger charge is 2.17. The predicted molar refractivity (Wildman–Crippen MR) is 61.5 cm³/mol. The summed E-state index contributed by atoms with van der Waals surface area (Å²) in [7, 11) is 0. The standard InChI is InChI=1S/C11H17NO2S/c1(10-2-6-15-9-10)3-12-4-5-14-11-7-13-8-11/h2,6,9,11-12H,1,3-5,7-8H2. The van der Waals surface area contributed by atoms with Crippen LogP contribution in [0.15, 0.2) is 16.8 Å². The van der Waals surface area contributed by atoms with E-state index in [9.17, 15) is 0 Å². The van der Waals surface area contributed by atoms with Crippen molar-refractivity contribution >= 4 is 11.3 Å². The van der Waals surface area contributed by atoms with Gasteiger partial charge < -0.3 is 14.8 Å². The minimum Gasteiger partial charge on any atom is -0.376 e. The Balaban J connectivity index is 1.41. The number of hydrogen-bond acceptors (Lipinski definition) is 4.